The van der Waals surface area contributed by atoms with Crippen molar-refractivity contribution in [3.8, 4) is 0 Å². The van der Waals surface area contributed by atoms with E-state index in [9.17, 15) is 0 Å². The number of hydrogen-bond donors (Lipinski definition) is 0. The molecule has 0 N–H and O–H groups in total. The Morgan fingerprint density at radius 1 is 0.889 bits per heavy atom. The van der Waals surface area contributed by atoms with Gasteiger partial charge < -0.3 is 0 Å². The summed E-state index contributed by atoms with van der Waals surface area (Å²) >= 11 is 0. The molecule has 2 heteroatoms. The molecule has 0 heterocycles. The van der Waals surface area contributed by atoms with E-state index in [2.05, 4.69) is 50.3 Å². The Bertz CT molecular complexity index is 371. The zero-order valence-corrected chi connectivity index (χ0v) is 10.5. The second kappa shape index (κ2) is 10.0. The van der Waals surface area contributed by atoms with Gasteiger partial charge in [0.25, 0.3) is 0 Å². The Morgan fingerprint density at radius 3 is 2.22 bits per heavy atom. The minimum absolute atomic E-state index is 0. The fourth-order valence-corrected chi connectivity index (χ4v) is 2.58. The SMILES string of the molecule is CC(C)(C1=CC=CC1)C1=CC=CCCCC1.[KH].[KH]. The van der Waals surface area contributed by atoms with Gasteiger partial charge in [0.2, 0.25) is 0 Å². The van der Waals surface area contributed by atoms with E-state index < -0.39 is 0 Å². The van der Waals surface area contributed by atoms with Crippen molar-refractivity contribution in [1.82, 2.24) is 0 Å². The Hall–Kier alpha value is 2.23. The van der Waals surface area contributed by atoms with Crippen molar-refractivity contribution in [3.63, 3.8) is 0 Å². The maximum atomic E-state index is 2.37. The van der Waals surface area contributed by atoms with E-state index in [1.807, 2.05) is 0 Å². The predicted octanol–water partition coefficient (Wildman–Crippen LogP) is 3.66. The summed E-state index contributed by atoms with van der Waals surface area (Å²) in [6, 6.07) is 0. The molecule has 0 amide bonds. The fraction of sp³-hybridized carbons (Fsp3) is 0.500. The summed E-state index contributed by atoms with van der Waals surface area (Å²) in [6.07, 6.45) is 19.9. The van der Waals surface area contributed by atoms with Gasteiger partial charge in [0, 0.05) is 5.41 Å². The molecule has 0 nitrogen and oxygen atoms in total. The maximum absolute atomic E-state index is 2.37. The third-order valence-corrected chi connectivity index (χ3v) is 3.88. The molecule has 0 bridgehead atoms. The molecule has 2 aliphatic rings. The molecule has 0 radical (unpaired) electrons. The number of allylic oxidation sites excluding steroid dienone is 8. The van der Waals surface area contributed by atoms with Gasteiger partial charge in [-0.2, -0.15) is 0 Å². The molecule has 2 aliphatic carbocycles. The summed E-state index contributed by atoms with van der Waals surface area (Å²) < 4.78 is 0. The van der Waals surface area contributed by atoms with Crippen LogP contribution in [0.15, 0.2) is 47.6 Å². The summed E-state index contributed by atoms with van der Waals surface area (Å²) in [4.78, 5) is 0. The van der Waals surface area contributed by atoms with E-state index in [1.54, 1.807) is 11.1 Å². The minimum atomic E-state index is 0. The third kappa shape index (κ3) is 5.55. The summed E-state index contributed by atoms with van der Waals surface area (Å²) in [5.41, 5.74) is 3.40. The van der Waals surface area contributed by atoms with Crippen molar-refractivity contribution in [2.45, 2.75) is 46.0 Å². The zero-order chi connectivity index (χ0) is 11.4. The van der Waals surface area contributed by atoms with E-state index >= 15 is 0 Å². The molecule has 0 spiro atoms. The molecule has 18 heavy (non-hydrogen) atoms. The van der Waals surface area contributed by atoms with Crippen LogP contribution in [0.2, 0.25) is 0 Å². The van der Waals surface area contributed by atoms with Gasteiger partial charge in [-0.25, -0.2) is 0 Å². The number of rotatable bonds is 2. The Morgan fingerprint density at radius 2 is 1.56 bits per heavy atom. The van der Waals surface area contributed by atoms with E-state index in [1.165, 1.54) is 25.7 Å². The second-order valence-corrected chi connectivity index (χ2v) is 5.32. The Kier molecular flexibility index (Phi) is 11.3. The zero-order valence-electron chi connectivity index (χ0n) is 10.5. The van der Waals surface area contributed by atoms with Crippen LogP contribution >= 0.6 is 0 Å². The monoisotopic (exact) mass is 294 g/mol. The van der Waals surface area contributed by atoms with Crippen molar-refractivity contribution >= 4 is 103 Å². The summed E-state index contributed by atoms with van der Waals surface area (Å²) in [6.45, 7) is 4.74. The van der Waals surface area contributed by atoms with Crippen LogP contribution in [0.3, 0.4) is 0 Å². The normalized spacial score (nSPS) is 19.0. The van der Waals surface area contributed by atoms with Gasteiger partial charge in [-0.05, 0) is 32.1 Å². The molecule has 0 saturated carbocycles. The van der Waals surface area contributed by atoms with Crippen LogP contribution in [0.25, 0.3) is 0 Å². The van der Waals surface area contributed by atoms with E-state index in [-0.39, 0.29) is 108 Å². The molecule has 0 fully saturated rings. The summed E-state index contributed by atoms with van der Waals surface area (Å²) in [5, 5.41) is 0. The van der Waals surface area contributed by atoms with Crippen LogP contribution in [0.1, 0.15) is 46.0 Å². The van der Waals surface area contributed by atoms with Crippen LogP contribution in [0, 0.1) is 5.41 Å². The first kappa shape index (κ1) is 20.2. The average molecular weight is 295 g/mol. The van der Waals surface area contributed by atoms with Crippen molar-refractivity contribution in [2.75, 3.05) is 0 Å². The first-order valence-electron chi connectivity index (χ1n) is 6.43. The fourth-order valence-electron chi connectivity index (χ4n) is 2.58. The van der Waals surface area contributed by atoms with Crippen molar-refractivity contribution in [3.05, 3.63) is 47.6 Å². The van der Waals surface area contributed by atoms with Crippen LogP contribution < -0.4 is 0 Å². The molecule has 0 aliphatic heterocycles. The quantitative estimate of drug-likeness (QED) is 0.682. The first-order valence-corrected chi connectivity index (χ1v) is 6.43. The van der Waals surface area contributed by atoms with Crippen LogP contribution in [0.5, 0.6) is 0 Å². The number of hydrogen-bond acceptors (Lipinski definition) is 0. The van der Waals surface area contributed by atoms with Gasteiger partial charge in [-0.15, -0.1) is 0 Å². The standard InChI is InChI=1S/C16H22.2K.2H/c1-16(2,15-12-8-9-13-15)14-10-6-4-3-5-7-11-14;;;;/h4,6,8-10,12H,3,5,7,11,13H2,1-2H3;;;;. The molecule has 90 valence electrons. The molecular weight excluding hydrogens is 270 g/mol. The molecule has 2 rings (SSSR count). The van der Waals surface area contributed by atoms with E-state index in [0.29, 0.717) is 0 Å². The van der Waals surface area contributed by atoms with Crippen LogP contribution in [0.4, 0.5) is 0 Å². The van der Waals surface area contributed by atoms with Gasteiger partial charge in [0.15, 0.2) is 0 Å². The van der Waals surface area contributed by atoms with Gasteiger partial charge in [0.05, 0.1) is 0 Å². The van der Waals surface area contributed by atoms with Crippen LogP contribution in [-0.2, 0) is 0 Å². The topological polar surface area (TPSA) is 0 Å². The third-order valence-electron chi connectivity index (χ3n) is 3.88. The second-order valence-electron chi connectivity index (χ2n) is 5.32. The molecule has 0 aromatic heterocycles. The van der Waals surface area contributed by atoms with Crippen molar-refractivity contribution in [1.29, 1.82) is 0 Å². The van der Waals surface area contributed by atoms with Gasteiger partial charge in [-0.1, -0.05) is 61.4 Å². The van der Waals surface area contributed by atoms with Crippen molar-refractivity contribution in [2.24, 2.45) is 5.41 Å². The van der Waals surface area contributed by atoms with E-state index in [4.69, 9.17) is 0 Å². The van der Waals surface area contributed by atoms with Crippen LogP contribution in [-0.4, -0.2) is 103 Å². The Labute approximate surface area is 197 Å². The van der Waals surface area contributed by atoms with Gasteiger partial charge in [0.1, 0.15) is 0 Å². The summed E-state index contributed by atoms with van der Waals surface area (Å²) in [7, 11) is 0. The van der Waals surface area contributed by atoms with Gasteiger partial charge in [-0.3, -0.25) is 0 Å². The Balaban J connectivity index is 0.00000144. The molecule has 0 saturated heterocycles. The molecule has 0 aromatic rings. The molecule has 0 unspecified atom stereocenters. The first-order chi connectivity index (χ1) is 7.71. The van der Waals surface area contributed by atoms with E-state index in [0.717, 1.165) is 6.42 Å². The molecule has 0 aromatic carbocycles. The van der Waals surface area contributed by atoms with Gasteiger partial charge >= 0.3 is 103 Å². The molecular formula is C16H24K2. The van der Waals surface area contributed by atoms with Crippen molar-refractivity contribution < 1.29 is 0 Å². The predicted molar refractivity (Wildman–Crippen MR) is 85.6 cm³/mol. The molecule has 0 atom stereocenters. The summed E-state index contributed by atoms with van der Waals surface area (Å²) in [5.74, 6) is 0. The average Bonchev–Trinajstić information content (AvgIpc) is 2.68.